The van der Waals surface area contributed by atoms with Crippen molar-refractivity contribution in [1.82, 2.24) is 20.5 Å². The Morgan fingerprint density at radius 1 is 1.08 bits per heavy atom. The summed E-state index contributed by atoms with van der Waals surface area (Å²) in [6.45, 7) is 11.5. The van der Waals surface area contributed by atoms with Crippen LogP contribution in [0.5, 0.6) is 0 Å². The van der Waals surface area contributed by atoms with Crippen LogP contribution in [0.4, 0.5) is 0 Å². The predicted octanol–water partition coefficient (Wildman–Crippen LogP) is 3.13. The number of aromatic nitrogens is 3. The van der Waals surface area contributed by atoms with Gasteiger partial charge < -0.3 is 5.32 Å². The minimum atomic E-state index is -0.113. The second-order valence-corrected chi connectivity index (χ2v) is 7.92. The summed E-state index contributed by atoms with van der Waals surface area (Å²) in [6.07, 6.45) is 2.44. The molecule has 130 valence electrons. The summed E-state index contributed by atoms with van der Waals surface area (Å²) >= 11 is 0. The average molecular weight is 328 g/mol. The van der Waals surface area contributed by atoms with Gasteiger partial charge in [-0.3, -0.25) is 9.89 Å². The first-order valence-corrected chi connectivity index (χ1v) is 8.40. The summed E-state index contributed by atoms with van der Waals surface area (Å²) in [5.74, 6) is 0.771. The fraction of sp³-hybridized carbons (Fsp3) is 0.526. The van der Waals surface area contributed by atoms with Crippen LogP contribution in [0.1, 0.15) is 58.0 Å². The Hall–Kier alpha value is -2.17. The van der Waals surface area contributed by atoms with E-state index in [4.69, 9.17) is 0 Å². The average Bonchev–Trinajstić information content (AvgIpc) is 3.04. The molecule has 0 unspecified atom stereocenters. The maximum absolute atomic E-state index is 12.0. The maximum atomic E-state index is 12.0. The van der Waals surface area contributed by atoms with Gasteiger partial charge in [0.15, 0.2) is 0 Å². The van der Waals surface area contributed by atoms with Gasteiger partial charge >= 0.3 is 0 Å². The zero-order valence-corrected chi connectivity index (χ0v) is 15.3. The number of hydrogen-bond donors (Lipinski definition) is 2. The number of carbonyl (C=O) groups excluding carboxylic acids is 1. The number of carbonyl (C=O) groups is 1. The number of rotatable bonds is 6. The minimum Gasteiger partial charge on any atom is -0.355 e. The molecule has 0 aliphatic rings. The van der Waals surface area contributed by atoms with Gasteiger partial charge in [-0.15, -0.1) is 0 Å². The number of nitrogens with zero attached hydrogens (tertiary/aromatic N) is 2. The topological polar surface area (TPSA) is 70.7 Å². The van der Waals surface area contributed by atoms with E-state index in [1.807, 2.05) is 0 Å². The third kappa shape index (κ3) is 4.91. The van der Waals surface area contributed by atoms with Crippen LogP contribution in [-0.2, 0) is 22.0 Å². The molecule has 0 radical (unpaired) electrons. The van der Waals surface area contributed by atoms with Gasteiger partial charge in [0.25, 0.3) is 0 Å². The van der Waals surface area contributed by atoms with Crippen molar-refractivity contribution in [3.8, 4) is 0 Å². The first-order chi connectivity index (χ1) is 11.2. The smallest absolute Gasteiger partial charge is 0.220 e. The van der Waals surface area contributed by atoms with Crippen LogP contribution < -0.4 is 5.32 Å². The normalized spacial score (nSPS) is 12.2. The summed E-state index contributed by atoms with van der Waals surface area (Å²) in [6, 6.07) is 8.70. The summed E-state index contributed by atoms with van der Waals surface area (Å²) in [5.41, 5.74) is 2.58. The molecule has 1 aromatic carbocycles. The van der Waals surface area contributed by atoms with Gasteiger partial charge in [0.05, 0.1) is 0 Å². The summed E-state index contributed by atoms with van der Waals surface area (Å²) in [5, 5.41) is 9.58. The highest BCUT2D eigenvalue weighted by Crippen LogP contribution is 2.27. The third-order valence-electron chi connectivity index (χ3n) is 4.31. The Labute approximate surface area is 144 Å². The van der Waals surface area contributed by atoms with E-state index in [2.05, 4.69) is 79.4 Å². The zero-order valence-electron chi connectivity index (χ0n) is 15.3. The molecule has 2 N–H and O–H groups in total. The summed E-state index contributed by atoms with van der Waals surface area (Å²) in [4.78, 5) is 16.1. The Kier molecular flexibility index (Phi) is 5.42. The van der Waals surface area contributed by atoms with E-state index in [0.29, 0.717) is 19.4 Å². The van der Waals surface area contributed by atoms with E-state index < -0.39 is 0 Å². The van der Waals surface area contributed by atoms with Crippen molar-refractivity contribution in [1.29, 1.82) is 0 Å². The number of amides is 1. The Morgan fingerprint density at radius 3 is 2.25 bits per heavy atom. The zero-order chi connectivity index (χ0) is 17.8. The molecule has 0 aliphatic carbocycles. The van der Waals surface area contributed by atoms with Gasteiger partial charge in [0.2, 0.25) is 5.91 Å². The molecule has 0 bridgehead atoms. The van der Waals surface area contributed by atoms with Gasteiger partial charge in [-0.25, -0.2) is 4.98 Å². The summed E-state index contributed by atoms with van der Waals surface area (Å²) < 4.78 is 0. The van der Waals surface area contributed by atoms with Crippen molar-refractivity contribution in [3.05, 3.63) is 47.5 Å². The Bertz CT molecular complexity index is 652. The lowest BCUT2D eigenvalue weighted by Crippen LogP contribution is -2.36. The van der Waals surface area contributed by atoms with Gasteiger partial charge in [-0.1, -0.05) is 58.9 Å². The highest BCUT2D eigenvalue weighted by molar-refractivity contribution is 5.76. The number of aromatic amines is 1. The van der Waals surface area contributed by atoms with Crippen LogP contribution in [0.3, 0.4) is 0 Å². The monoisotopic (exact) mass is 328 g/mol. The molecule has 1 aromatic heterocycles. The lowest BCUT2D eigenvalue weighted by Gasteiger charge is -2.27. The second kappa shape index (κ2) is 7.16. The molecule has 5 nitrogen and oxygen atoms in total. The van der Waals surface area contributed by atoms with Crippen molar-refractivity contribution in [2.45, 2.75) is 58.3 Å². The predicted molar refractivity (Wildman–Crippen MR) is 95.9 cm³/mol. The second-order valence-electron chi connectivity index (χ2n) is 7.92. The summed E-state index contributed by atoms with van der Waals surface area (Å²) in [7, 11) is 0. The first kappa shape index (κ1) is 18.2. The minimum absolute atomic E-state index is 0.0331. The quantitative estimate of drug-likeness (QED) is 0.856. The Morgan fingerprint density at radius 2 is 1.71 bits per heavy atom. The molecule has 24 heavy (non-hydrogen) atoms. The van der Waals surface area contributed by atoms with Crippen LogP contribution >= 0.6 is 0 Å². The lowest BCUT2D eigenvalue weighted by atomic mass is 9.81. The van der Waals surface area contributed by atoms with Crippen molar-refractivity contribution >= 4 is 5.91 Å². The number of benzene rings is 1. The fourth-order valence-electron chi connectivity index (χ4n) is 2.51. The molecule has 0 fully saturated rings. The molecule has 2 aromatic rings. The molecule has 1 heterocycles. The van der Waals surface area contributed by atoms with Gasteiger partial charge in [0, 0.05) is 24.8 Å². The lowest BCUT2D eigenvalue weighted by molar-refractivity contribution is -0.121. The Balaban J connectivity index is 1.89. The van der Waals surface area contributed by atoms with Crippen molar-refractivity contribution in [3.63, 3.8) is 0 Å². The van der Waals surface area contributed by atoms with E-state index >= 15 is 0 Å². The third-order valence-corrected chi connectivity index (χ3v) is 4.31. The van der Waals surface area contributed by atoms with Crippen LogP contribution in [0.25, 0.3) is 0 Å². The number of hydrogen-bond acceptors (Lipinski definition) is 3. The number of nitrogens with one attached hydrogen (secondary N) is 2. The van der Waals surface area contributed by atoms with Gasteiger partial charge in [-0.2, -0.15) is 5.10 Å². The number of aryl methyl sites for hydroxylation is 1. The van der Waals surface area contributed by atoms with E-state index in [-0.39, 0.29) is 16.7 Å². The van der Waals surface area contributed by atoms with E-state index in [0.717, 1.165) is 5.82 Å². The van der Waals surface area contributed by atoms with Crippen LogP contribution in [-0.4, -0.2) is 27.6 Å². The molecule has 0 saturated heterocycles. The number of H-pyrrole nitrogens is 1. The highest BCUT2D eigenvalue weighted by Gasteiger charge is 2.22. The van der Waals surface area contributed by atoms with Crippen molar-refractivity contribution < 1.29 is 4.79 Å². The van der Waals surface area contributed by atoms with Crippen molar-refractivity contribution in [2.75, 3.05) is 6.54 Å². The van der Waals surface area contributed by atoms with E-state index in [1.165, 1.54) is 17.5 Å². The molecule has 2 rings (SSSR count). The first-order valence-electron chi connectivity index (χ1n) is 8.40. The standard InChI is InChI=1S/C19H28N4O/c1-18(2,3)14-6-8-15(9-7-14)19(4,5)12-20-17(24)11-10-16-21-13-22-23-16/h6-9,13H,10-12H2,1-5H3,(H,20,24)(H,21,22,23). The SMILES string of the molecule is CC(C)(C)c1ccc(C(C)(C)CNC(=O)CCc2ncn[nH]2)cc1. The molecule has 0 saturated carbocycles. The molecule has 0 spiro atoms. The molecule has 1 amide bonds. The highest BCUT2D eigenvalue weighted by atomic mass is 16.1. The van der Waals surface area contributed by atoms with Crippen LogP contribution in [0.2, 0.25) is 0 Å². The molecular formula is C19H28N4O. The maximum Gasteiger partial charge on any atom is 0.220 e. The molecule has 5 heteroatoms. The largest absolute Gasteiger partial charge is 0.355 e. The molecular weight excluding hydrogens is 300 g/mol. The van der Waals surface area contributed by atoms with Crippen LogP contribution in [0.15, 0.2) is 30.6 Å². The van der Waals surface area contributed by atoms with Gasteiger partial charge in [-0.05, 0) is 16.5 Å². The van der Waals surface area contributed by atoms with E-state index in [1.54, 1.807) is 0 Å². The van der Waals surface area contributed by atoms with Crippen molar-refractivity contribution in [2.24, 2.45) is 0 Å². The van der Waals surface area contributed by atoms with Gasteiger partial charge in [0.1, 0.15) is 12.2 Å². The molecule has 0 atom stereocenters. The molecule has 0 aliphatic heterocycles. The van der Waals surface area contributed by atoms with E-state index in [9.17, 15) is 4.79 Å². The fourth-order valence-corrected chi connectivity index (χ4v) is 2.51. The van der Waals surface area contributed by atoms with Crippen LogP contribution in [0, 0.1) is 0 Å².